The van der Waals surface area contributed by atoms with E-state index in [1.54, 1.807) is 0 Å². The molecule has 1 aromatic carbocycles. The van der Waals surface area contributed by atoms with Gasteiger partial charge >= 0.3 is 5.97 Å². The van der Waals surface area contributed by atoms with Crippen LogP contribution >= 0.6 is 0 Å². The summed E-state index contributed by atoms with van der Waals surface area (Å²) in [6.07, 6.45) is 4.25. The number of hydrogen-bond donors (Lipinski definition) is 2. The van der Waals surface area contributed by atoms with E-state index in [0.29, 0.717) is 26.0 Å². The molecule has 144 valence electrons. The lowest BCUT2D eigenvalue weighted by Crippen LogP contribution is -2.38. The number of piperidine rings is 1. The van der Waals surface area contributed by atoms with Crippen LogP contribution < -0.4 is 10.2 Å². The zero-order chi connectivity index (χ0) is 18.8. The van der Waals surface area contributed by atoms with Gasteiger partial charge in [0.15, 0.2) is 0 Å². The summed E-state index contributed by atoms with van der Waals surface area (Å²) in [5.41, 5.74) is 3.13. The predicted octanol–water partition coefficient (Wildman–Crippen LogP) is 2.13. The molecule has 7 nitrogen and oxygen atoms in total. The van der Waals surface area contributed by atoms with E-state index in [1.807, 2.05) is 29.7 Å². The molecule has 0 bridgehead atoms. The number of unbranched alkanes of at least 4 members (excludes halogenated alkanes) is 1. The topological polar surface area (TPSA) is 88.1 Å². The Morgan fingerprint density at radius 3 is 2.92 bits per heavy atom. The Balaban J connectivity index is 1.66. The number of nitrogens with one attached hydrogen (secondary N) is 1. The average Bonchev–Trinajstić information content (AvgIpc) is 2.62. The van der Waals surface area contributed by atoms with Crippen LogP contribution in [0.1, 0.15) is 51.0 Å². The van der Waals surface area contributed by atoms with Crippen molar-refractivity contribution in [3.63, 3.8) is 0 Å². The molecule has 0 aromatic heterocycles. The first-order chi connectivity index (χ1) is 12.5. The minimum atomic E-state index is -0.456. The Labute approximate surface area is 154 Å². The second-order valence-electron chi connectivity index (χ2n) is 6.53. The summed E-state index contributed by atoms with van der Waals surface area (Å²) in [6, 6.07) is 7.88. The maximum Gasteiger partial charge on any atom is 0.332 e. The highest BCUT2D eigenvalue weighted by Gasteiger charge is 2.19. The van der Waals surface area contributed by atoms with Crippen molar-refractivity contribution in [1.29, 1.82) is 0 Å². The molecule has 1 heterocycles. The molecule has 7 heteroatoms. The SMILES string of the molecule is CC(=O)NOC(=O)CCCCOc1cccc(CN2CCCCC2O)c1. The van der Waals surface area contributed by atoms with Gasteiger partial charge in [0, 0.05) is 26.4 Å². The maximum absolute atomic E-state index is 11.3. The largest absolute Gasteiger partial charge is 0.494 e. The molecule has 0 saturated carbocycles. The van der Waals surface area contributed by atoms with E-state index in [9.17, 15) is 14.7 Å². The molecule has 1 aromatic rings. The van der Waals surface area contributed by atoms with Gasteiger partial charge in [0.05, 0.1) is 6.61 Å². The summed E-state index contributed by atoms with van der Waals surface area (Å²) < 4.78 is 5.74. The number of rotatable bonds is 8. The number of hydrogen-bond acceptors (Lipinski definition) is 6. The van der Waals surface area contributed by atoms with Crippen molar-refractivity contribution in [3.8, 4) is 5.75 Å². The molecule has 2 N–H and O–H groups in total. The molecule has 1 fully saturated rings. The fraction of sp³-hybridized carbons (Fsp3) is 0.579. The predicted molar refractivity (Wildman–Crippen MR) is 96.0 cm³/mol. The summed E-state index contributed by atoms with van der Waals surface area (Å²) in [7, 11) is 0. The highest BCUT2D eigenvalue weighted by molar-refractivity contribution is 5.75. The standard InChI is InChI=1S/C19H28N2O5/c1-15(22)20-26-19(24)10-3-5-12-25-17-8-6-7-16(13-17)14-21-11-4-2-9-18(21)23/h6-8,13,18,23H,2-5,9-12,14H2,1H3,(H,20,22). The molecule has 1 aliphatic rings. The molecule has 1 atom stereocenters. The van der Waals surface area contributed by atoms with E-state index in [-0.39, 0.29) is 12.6 Å². The highest BCUT2D eigenvalue weighted by atomic mass is 16.7. The number of hydroxylamine groups is 1. The van der Waals surface area contributed by atoms with Crippen LogP contribution in [0.2, 0.25) is 0 Å². The van der Waals surface area contributed by atoms with Gasteiger partial charge in [-0.1, -0.05) is 12.1 Å². The van der Waals surface area contributed by atoms with Crippen molar-refractivity contribution in [2.24, 2.45) is 0 Å². The first-order valence-electron chi connectivity index (χ1n) is 9.14. The first-order valence-corrected chi connectivity index (χ1v) is 9.14. The minimum absolute atomic E-state index is 0.233. The fourth-order valence-corrected chi connectivity index (χ4v) is 2.87. The number of benzene rings is 1. The average molecular weight is 364 g/mol. The van der Waals surface area contributed by atoms with Gasteiger partial charge in [0.2, 0.25) is 5.91 Å². The lowest BCUT2D eigenvalue weighted by atomic mass is 10.1. The third-order valence-corrected chi connectivity index (χ3v) is 4.22. The number of nitrogens with zero attached hydrogens (tertiary/aromatic N) is 1. The highest BCUT2D eigenvalue weighted by Crippen LogP contribution is 2.20. The maximum atomic E-state index is 11.3. The third-order valence-electron chi connectivity index (χ3n) is 4.22. The minimum Gasteiger partial charge on any atom is -0.494 e. The third kappa shape index (κ3) is 7.41. The van der Waals surface area contributed by atoms with Crippen LogP contribution in [0, 0.1) is 0 Å². The van der Waals surface area contributed by atoms with Crippen LogP contribution in [-0.4, -0.2) is 41.3 Å². The molecular formula is C19H28N2O5. The lowest BCUT2D eigenvalue weighted by molar-refractivity contribution is -0.157. The summed E-state index contributed by atoms with van der Waals surface area (Å²) in [5, 5.41) is 10.0. The van der Waals surface area contributed by atoms with Crippen molar-refractivity contribution in [1.82, 2.24) is 10.4 Å². The van der Waals surface area contributed by atoms with Crippen molar-refractivity contribution in [3.05, 3.63) is 29.8 Å². The number of carbonyl (C=O) groups is 2. The molecule has 2 rings (SSSR count). The van der Waals surface area contributed by atoms with E-state index in [0.717, 1.165) is 37.1 Å². The fourth-order valence-electron chi connectivity index (χ4n) is 2.87. The number of likely N-dealkylation sites (tertiary alicyclic amines) is 1. The van der Waals surface area contributed by atoms with E-state index >= 15 is 0 Å². The van der Waals surface area contributed by atoms with E-state index in [4.69, 9.17) is 4.74 Å². The molecule has 0 radical (unpaired) electrons. The normalized spacial score (nSPS) is 17.5. The lowest BCUT2D eigenvalue weighted by Gasteiger charge is -2.32. The van der Waals surface area contributed by atoms with Crippen LogP contribution in [0.25, 0.3) is 0 Å². The van der Waals surface area contributed by atoms with Gasteiger partial charge < -0.3 is 14.7 Å². The van der Waals surface area contributed by atoms with E-state index in [2.05, 4.69) is 9.74 Å². The molecule has 26 heavy (non-hydrogen) atoms. The Kier molecular flexibility index (Phi) is 8.37. The molecule has 0 spiro atoms. The van der Waals surface area contributed by atoms with Gasteiger partial charge in [-0.05, 0) is 49.8 Å². The second kappa shape index (κ2) is 10.8. The van der Waals surface area contributed by atoms with Crippen LogP contribution in [0.3, 0.4) is 0 Å². The van der Waals surface area contributed by atoms with Crippen LogP contribution in [0.5, 0.6) is 5.75 Å². The number of carbonyl (C=O) groups excluding carboxylic acids is 2. The Bertz CT molecular complexity index is 593. The first kappa shape index (κ1) is 20.2. The van der Waals surface area contributed by atoms with Crippen LogP contribution in [-0.2, 0) is 21.0 Å². The van der Waals surface area contributed by atoms with Crippen molar-refractivity contribution in [2.45, 2.75) is 58.2 Å². The monoisotopic (exact) mass is 364 g/mol. The van der Waals surface area contributed by atoms with Gasteiger partial charge in [0.1, 0.15) is 12.0 Å². The zero-order valence-corrected chi connectivity index (χ0v) is 15.3. The number of amides is 1. The molecular weight excluding hydrogens is 336 g/mol. The zero-order valence-electron chi connectivity index (χ0n) is 15.3. The number of aliphatic hydroxyl groups is 1. The number of aliphatic hydroxyl groups excluding tert-OH is 1. The Morgan fingerprint density at radius 1 is 1.31 bits per heavy atom. The molecule has 0 aliphatic carbocycles. The second-order valence-corrected chi connectivity index (χ2v) is 6.53. The molecule has 1 aliphatic heterocycles. The molecule has 1 amide bonds. The summed E-state index contributed by atoms with van der Waals surface area (Å²) >= 11 is 0. The number of ether oxygens (including phenoxy) is 1. The summed E-state index contributed by atoms with van der Waals surface area (Å²) in [6.45, 7) is 3.42. The van der Waals surface area contributed by atoms with Crippen LogP contribution in [0.4, 0.5) is 0 Å². The van der Waals surface area contributed by atoms with Crippen LogP contribution in [0.15, 0.2) is 24.3 Å². The summed E-state index contributed by atoms with van der Waals surface area (Å²) in [5.74, 6) is -0.0734. The van der Waals surface area contributed by atoms with E-state index < -0.39 is 11.9 Å². The Morgan fingerprint density at radius 2 is 2.15 bits per heavy atom. The van der Waals surface area contributed by atoms with Gasteiger partial charge in [-0.2, -0.15) is 5.48 Å². The van der Waals surface area contributed by atoms with Crippen molar-refractivity contribution < 1.29 is 24.3 Å². The van der Waals surface area contributed by atoms with Crippen molar-refractivity contribution in [2.75, 3.05) is 13.2 Å². The Hall–Kier alpha value is -2.12. The van der Waals surface area contributed by atoms with Crippen molar-refractivity contribution >= 4 is 11.9 Å². The van der Waals surface area contributed by atoms with Gasteiger partial charge in [-0.25, -0.2) is 4.79 Å². The van der Waals surface area contributed by atoms with Gasteiger partial charge in [0.25, 0.3) is 0 Å². The summed E-state index contributed by atoms with van der Waals surface area (Å²) in [4.78, 5) is 28.6. The molecule has 1 unspecified atom stereocenters. The smallest absolute Gasteiger partial charge is 0.332 e. The van der Waals surface area contributed by atoms with Gasteiger partial charge in [-0.3, -0.25) is 9.69 Å². The van der Waals surface area contributed by atoms with Gasteiger partial charge in [-0.15, -0.1) is 0 Å². The quantitative estimate of drug-likeness (QED) is 0.543. The molecule has 1 saturated heterocycles. The van der Waals surface area contributed by atoms with E-state index in [1.165, 1.54) is 6.92 Å².